The normalized spacial score (nSPS) is 24.9. The van der Waals surface area contributed by atoms with Gasteiger partial charge in [-0.25, -0.2) is 0 Å². The fourth-order valence-corrected chi connectivity index (χ4v) is 15.3. The summed E-state index contributed by atoms with van der Waals surface area (Å²) in [6.45, 7) is 4.80. The van der Waals surface area contributed by atoms with Crippen LogP contribution in [0.3, 0.4) is 0 Å². The lowest BCUT2D eigenvalue weighted by atomic mass is 10.2. The molecular weight excluding hydrogens is 414 g/mol. The Bertz CT molecular complexity index is 296. The summed E-state index contributed by atoms with van der Waals surface area (Å²) in [5, 5.41) is 0. The van der Waals surface area contributed by atoms with E-state index in [0.717, 1.165) is 0 Å². The van der Waals surface area contributed by atoms with Crippen LogP contribution in [0.25, 0.3) is 0 Å². The van der Waals surface area contributed by atoms with Crippen LogP contribution in [0.4, 0.5) is 0 Å². The van der Waals surface area contributed by atoms with Crippen molar-refractivity contribution in [2.24, 2.45) is 0 Å². The fraction of sp³-hybridized carbons (Fsp3) is 0.636. The van der Waals surface area contributed by atoms with Crippen LogP contribution in [-0.2, 0) is 0 Å². The van der Waals surface area contributed by atoms with Gasteiger partial charge >= 0.3 is 0 Å². The summed E-state index contributed by atoms with van der Waals surface area (Å²) in [5.41, 5.74) is 3.54. The lowest BCUT2D eigenvalue weighted by molar-refractivity contribution is 0.931. The Morgan fingerprint density at radius 1 is 1.00 bits per heavy atom. The third-order valence-corrected chi connectivity index (χ3v) is 16.0. The van der Waals surface area contributed by atoms with E-state index in [2.05, 4.69) is 59.0 Å². The highest BCUT2D eigenvalue weighted by Crippen LogP contribution is 2.54. The molecule has 0 radical (unpaired) electrons. The predicted molar refractivity (Wildman–Crippen MR) is 82.7 cm³/mol. The smallest absolute Gasteiger partial charge is 0.0671 e. The molecule has 1 fully saturated rings. The van der Waals surface area contributed by atoms with Crippen LogP contribution in [0, 0.1) is 0 Å². The van der Waals surface area contributed by atoms with Crippen LogP contribution in [0.1, 0.15) is 33.1 Å². The highest BCUT2D eigenvalue weighted by molar-refractivity contribution is 14.1. The number of allylic oxidation sites excluding steroid dienone is 2. The minimum atomic E-state index is -1.15. The van der Waals surface area contributed by atoms with Crippen molar-refractivity contribution in [1.29, 1.82) is 0 Å². The van der Waals surface area contributed by atoms with Crippen molar-refractivity contribution in [3.63, 3.8) is 0 Å². The molecule has 0 unspecified atom stereocenters. The first-order valence-corrected chi connectivity index (χ1v) is 10.0. The molecule has 14 heavy (non-hydrogen) atoms. The van der Waals surface area contributed by atoms with Gasteiger partial charge in [-0.3, -0.25) is 0 Å². The maximum Gasteiger partial charge on any atom is 0.133 e. The number of rotatable bonds is 2. The zero-order valence-electron chi connectivity index (χ0n) is 8.79. The number of hydrogen-bond acceptors (Lipinski definition) is 0. The molecule has 2 rings (SSSR count). The van der Waals surface area contributed by atoms with Gasteiger partial charge in [-0.15, -0.1) is 0 Å². The second-order valence-corrected chi connectivity index (χ2v) is 13.0. The van der Waals surface area contributed by atoms with E-state index in [1.54, 1.807) is 17.6 Å². The summed E-state index contributed by atoms with van der Waals surface area (Å²) in [4.78, 5) is 0. The Kier molecular flexibility index (Phi) is 3.49. The van der Waals surface area contributed by atoms with Gasteiger partial charge in [0.25, 0.3) is 0 Å². The summed E-state index contributed by atoms with van der Waals surface area (Å²) in [5.74, 6) is 0. The Balaban J connectivity index is 2.53. The van der Waals surface area contributed by atoms with E-state index >= 15 is 0 Å². The van der Waals surface area contributed by atoms with E-state index in [1.807, 2.05) is 0 Å². The Hall–Kier alpha value is 1.16. The summed E-state index contributed by atoms with van der Waals surface area (Å²) in [7, 11) is -1.15. The molecule has 0 aromatic rings. The van der Waals surface area contributed by atoms with Gasteiger partial charge in [-0.1, -0.05) is 71.1 Å². The van der Waals surface area contributed by atoms with Crippen LogP contribution in [0.5, 0.6) is 0 Å². The van der Waals surface area contributed by atoms with Gasteiger partial charge in [-0.2, -0.15) is 0 Å². The second-order valence-electron chi connectivity index (χ2n) is 4.23. The number of hydrogen-bond donors (Lipinski definition) is 0. The van der Waals surface area contributed by atoms with Crippen molar-refractivity contribution in [3.05, 3.63) is 17.6 Å². The first kappa shape index (κ1) is 11.6. The largest absolute Gasteiger partial charge is 0.133 e. The van der Waals surface area contributed by atoms with Crippen LogP contribution >= 0.6 is 45.2 Å². The van der Waals surface area contributed by atoms with Crippen LogP contribution < -0.4 is 0 Å². The molecule has 2 aliphatic rings. The third-order valence-electron chi connectivity index (χ3n) is 3.80. The van der Waals surface area contributed by atoms with Gasteiger partial charge in [0.2, 0.25) is 0 Å². The molecule has 0 aromatic heterocycles. The Morgan fingerprint density at radius 3 is 1.79 bits per heavy atom. The standard InChI is InChI=1S/C11H16I2Si/c1-3-14(4-2)10(12)8-6-5-7-9(8)11(14)13/h3-7H2,1-2H3. The quantitative estimate of drug-likeness (QED) is 0.421. The Morgan fingerprint density at radius 2 is 1.43 bits per heavy atom. The molecule has 1 heterocycles. The van der Waals surface area contributed by atoms with Crippen molar-refractivity contribution in [2.45, 2.75) is 45.2 Å². The predicted octanol–water partition coefficient (Wildman–Crippen LogP) is 5.13. The minimum absolute atomic E-state index is 1.15. The zero-order chi connectivity index (χ0) is 10.3. The van der Waals surface area contributed by atoms with Crippen molar-refractivity contribution in [2.75, 3.05) is 0 Å². The highest BCUT2D eigenvalue weighted by atomic mass is 127. The molecule has 1 aliphatic carbocycles. The molecule has 3 heteroatoms. The van der Waals surface area contributed by atoms with E-state index < -0.39 is 8.07 Å². The highest BCUT2D eigenvalue weighted by Gasteiger charge is 2.45. The first-order valence-electron chi connectivity index (χ1n) is 5.46. The van der Waals surface area contributed by atoms with E-state index in [-0.39, 0.29) is 0 Å². The fourth-order valence-electron chi connectivity index (χ4n) is 2.77. The topological polar surface area (TPSA) is 0 Å². The zero-order valence-corrected chi connectivity index (χ0v) is 14.1. The van der Waals surface area contributed by atoms with Crippen molar-refractivity contribution < 1.29 is 0 Å². The summed E-state index contributed by atoms with van der Waals surface area (Å²) >= 11 is 5.35. The molecule has 0 atom stereocenters. The number of halogens is 2. The van der Waals surface area contributed by atoms with E-state index in [9.17, 15) is 0 Å². The van der Waals surface area contributed by atoms with E-state index in [0.29, 0.717) is 0 Å². The van der Waals surface area contributed by atoms with Crippen molar-refractivity contribution >= 4 is 53.3 Å². The molecule has 0 aromatic carbocycles. The number of fused-ring (bicyclic) bond motifs is 1. The van der Waals surface area contributed by atoms with Gasteiger partial charge < -0.3 is 0 Å². The SMILES string of the molecule is CC[Si]1(CC)C(I)=C2CCCC2=C1I. The van der Waals surface area contributed by atoms with Crippen molar-refractivity contribution in [1.82, 2.24) is 0 Å². The van der Waals surface area contributed by atoms with Crippen molar-refractivity contribution in [3.8, 4) is 0 Å². The van der Waals surface area contributed by atoms with Gasteiger partial charge in [0.1, 0.15) is 8.07 Å². The second kappa shape index (κ2) is 4.20. The van der Waals surface area contributed by atoms with E-state index in [1.165, 1.54) is 31.4 Å². The maximum absolute atomic E-state index is 2.67. The van der Waals surface area contributed by atoms with Crippen LogP contribution in [0.2, 0.25) is 12.1 Å². The van der Waals surface area contributed by atoms with Gasteiger partial charge in [0.15, 0.2) is 0 Å². The Labute approximate surface area is 115 Å². The van der Waals surface area contributed by atoms with Gasteiger partial charge in [0.05, 0.1) is 0 Å². The minimum Gasteiger partial charge on any atom is -0.0671 e. The molecule has 0 nitrogen and oxygen atoms in total. The lowest BCUT2D eigenvalue weighted by Gasteiger charge is -2.26. The van der Waals surface area contributed by atoms with Gasteiger partial charge in [-0.05, 0) is 36.8 Å². The molecule has 0 bridgehead atoms. The first-order chi connectivity index (χ1) is 6.67. The molecule has 0 saturated heterocycles. The van der Waals surface area contributed by atoms with Crippen LogP contribution in [-0.4, -0.2) is 8.07 Å². The van der Waals surface area contributed by atoms with Crippen LogP contribution in [0.15, 0.2) is 17.6 Å². The summed E-state index contributed by atoms with van der Waals surface area (Å²) < 4.78 is 3.61. The van der Waals surface area contributed by atoms with Gasteiger partial charge in [0, 0.05) is 0 Å². The average molecular weight is 430 g/mol. The monoisotopic (exact) mass is 430 g/mol. The average Bonchev–Trinajstić information content (AvgIpc) is 2.73. The lowest BCUT2D eigenvalue weighted by Crippen LogP contribution is -2.32. The molecule has 0 N–H and O–H groups in total. The third kappa shape index (κ3) is 1.41. The van der Waals surface area contributed by atoms with E-state index in [4.69, 9.17) is 0 Å². The molecule has 0 spiro atoms. The molecule has 1 saturated carbocycles. The molecule has 78 valence electrons. The summed E-state index contributed by atoms with van der Waals surface area (Å²) in [6, 6.07) is 2.82. The maximum atomic E-state index is 2.67. The molecule has 0 amide bonds. The molecule has 1 aliphatic heterocycles. The molecular formula is C11H16I2Si. The summed E-state index contributed by atoms with van der Waals surface area (Å²) in [6.07, 6.45) is 4.14.